The van der Waals surface area contributed by atoms with Gasteiger partial charge in [0.15, 0.2) is 0 Å². The smallest absolute Gasteiger partial charge is 0.0874 e. The molecule has 0 heterocycles. The first-order chi connectivity index (χ1) is 8.68. The molecule has 2 N–H and O–H groups in total. The van der Waals surface area contributed by atoms with Crippen LogP contribution in [-0.4, -0.2) is 12.2 Å². The van der Waals surface area contributed by atoms with Gasteiger partial charge in [-0.15, -0.1) is 0 Å². The summed E-state index contributed by atoms with van der Waals surface area (Å²) in [6, 6.07) is 10.4. The molecule has 0 aliphatic heterocycles. The minimum absolute atomic E-state index is 0.00819. The molecule has 2 rings (SSSR count). The van der Waals surface area contributed by atoms with Gasteiger partial charge in [0.25, 0.3) is 0 Å². The van der Waals surface area contributed by atoms with E-state index in [1.165, 1.54) is 18.4 Å². The number of hydrogen-bond donors (Lipinski definition) is 1. The zero-order valence-corrected chi connectivity index (χ0v) is 11.6. The van der Waals surface area contributed by atoms with Crippen molar-refractivity contribution in [2.24, 2.45) is 11.7 Å². The lowest BCUT2D eigenvalue weighted by atomic mass is 9.73. The largest absolute Gasteiger partial charge is 0.373 e. The molecule has 1 fully saturated rings. The van der Waals surface area contributed by atoms with Gasteiger partial charge in [-0.3, -0.25) is 0 Å². The summed E-state index contributed by atoms with van der Waals surface area (Å²) in [5.74, 6) is 0.807. The number of rotatable bonds is 4. The van der Waals surface area contributed by atoms with E-state index in [1.54, 1.807) is 0 Å². The van der Waals surface area contributed by atoms with Crippen LogP contribution in [0.5, 0.6) is 0 Å². The Morgan fingerprint density at radius 1 is 1.28 bits per heavy atom. The molecular weight excluding hydrogens is 222 g/mol. The van der Waals surface area contributed by atoms with Crippen LogP contribution >= 0.6 is 0 Å². The standard InChI is InChI=1S/C16H25NO/c1-3-18-16(11-9-13(2)10-12-16)15(17)14-7-5-4-6-8-14/h4-8,13,15H,3,9-12,17H2,1-2H3. The maximum absolute atomic E-state index is 6.51. The highest BCUT2D eigenvalue weighted by Gasteiger charge is 2.40. The maximum Gasteiger partial charge on any atom is 0.0874 e. The fraction of sp³-hybridized carbons (Fsp3) is 0.625. The Hall–Kier alpha value is -0.860. The molecule has 18 heavy (non-hydrogen) atoms. The SMILES string of the molecule is CCOC1(C(N)c2ccccc2)CCC(C)CC1. The highest BCUT2D eigenvalue weighted by atomic mass is 16.5. The van der Waals surface area contributed by atoms with Crippen LogP contribution in [0.15, 0.2) is 30.3 Å². The van der Waals surface area contributed by atoms with Crippen molar-refractivity contribution in [1.82, 2.24) is 0 Å². The molecule has 2 heteroatoms. The van der Waals surface area contributed by atoms with Gasteiger partial charge in [-0.1, -0.05) is 37.3 Å². The van der Waals surface area contributed by atoms with Crippen molar-refractivity contribution in [3.05, 3.63) is 35.9 Å². The van der Waals surface area contributed by atoms with Gasteiger partial charge in [-0.05, 0) is 44.1 Å². The predicted octanol–water partition coefficient (Wildman–Crippen LogP) is 3.67. The topological polar surface area (TPSA) is 35.2 Å². The van der Waals surface area contributed by atoms with Gasteiger partial charge in [0.1, 0.15) is 0 Å². The van der Waals surface area contributed by atoms with Crippen molar-refractivity contribution in [3.8, 4) is 0 Å². The Kier molecular flexibility index (Phi) is 4.41. The minimum atomic E-state index is -0.150. The van der Waals surface area contributed by atoms with Gasteiger partial charge in [0, 0.05) is 6.61 Å². The summed E-state index contributed by atoms with van der Waals surface area (Å²) in [6.07, 6.45) is 4.61. The van der Waals surface area contributed by atoms with Gasteiger partial charge in [0.05, 0.1) is 11.6 Å². The second kappa shape index (κ2) is 5.85. The molecule has 0 radical (unpaired) electrons. The van der Waals surface area contributed by atoms with Crippen LogP contribution in [0.2, 0.25) is 0 Å². The van der Waals surface area contributed by atoms with E-state index in [0.717, 1.165) is 25.4 Å². The van der Waals surface area contributed by atoms with Crippen LogP contribution in [0.25, 0.3) is 0 Å². The summed E-state index contributed by atoms with van der Waals surface area (Å²) in [5, 5.41) is 0. The molecule has 1 aliphatic rings. The fourth-order valence-corrected chi connectivity index (χ4v) is 3.05. The summed E-state index contributed by atoms with van der Waals surface area (Å²) in [4.78, 5) is 0. The Morgan fingerprint density at radius 3 is 2.44 bits per heavy atom. The third kappa shape index (κ3) is 2.76. The molecule has 1 unspecified atom stereocenters. The number of benzene rings is 1. The van der Waals surface area contributed by atoms with E-state index >= 15 is 0 Å². The van der Waals surface area contributed by atoms with Crippen LogP contribution in [0.4, 0.5) is 0 Å². The first-order valence-electron chi connectivity index (χ1n) is 7.12. The van der Waals surface area contributed by atoms with E-state index in [9.17, 15) is 0 Å². The van der Waals surface area contributed by atoms with Crippen molar-refractivity contribution in [1.29, 1.82) is 0 Å². The lowest BCUT2D eigenvalue weighted by molar-refractivity contribution is -0.0896. The molecular formula is C16H25NO. The highest BCUT2D eigenvalue weighted by Crippen LogP contribution is 2.42. The molecule has 0 saturated heterocycles. The molecule has 1 aromatic rings. The van der Waals surface area contributed by atoms with Crippen molar-refractivity contribution in [2.45, 2.75) is 51.2 Å². The minimum Gasteiger partial charge on any atom is -0.373 e. The number of ether oxygens (including phenoxy) is 1. The first-order valence-corrected chi connectivity index (χ1v) is 7.12. The van der Waals surface area contributed by atoms with Crippen LogP contribution in [0.3, 0.4) is 0 Å². The zero-order valence-electron chi connectivity index (χ0n) is 11.6. The van der Waals surface area contributed by atoms with E-state index in [2.05, 4.69) is 38.1 Å². The van der Waals surface area contributed by atoms with Gasteiger partial charge in [0.2, 0.25) is 0 Å². The Balaban J connectivity index is 2.19. The highest BCUT2D eigenvalue weighted by molar-refractivity contribution is 5.22. The lowest BCUT2D eigenvalue weighted by Crippen LogP contribution is -2.46. The maximum atomic E-state index is 6.51. The normalized spacial score (nSPS) is 30.1. The number of hydrogen-bond acceptors (Lipinski definition) is 2. The molecule has 2 nitrogen and oxygen atoms in total. The van der Waals surface area contributed by atoms with Crippen LogP contribution < -0.4 is 5.73 Å². The predicted molar refractivity (Wildman–Crippen MR) is 75.4 cm³/mol. The molecule has 1 aromatic carbocycles. The summed E-state index contributed by atoms with van der Waals surface area (Å²) in [5.41, 5.74) is 7.56. The second-order valence-corrected chi connectivity index (χ2v) is 5.57. The number of nitrogens with two attached hydrogens (primary N) is 1. The van der Waals surface area contributed by atoms with E-state index in [-0.39, 0.29) is 11.6 Å². The van der Waals surface area contributed by atoms with Crippen molar-refractivity contribution < 1.29 is 4.74 Å². The summed E-state index contributed by atoms with van der Waals surface area (Å²) < 4.78 is 6.11. The molecule has 1 atom stereocenters. The average Bonchev–Trinajstić information content (AvgIpc) is 2.42. The van der Waals surface area contributed by atoms with Crippen LogP contribution in [-0.2, 0) is 4.74 Å². The monoisotopic (exact) mass is 247 g/mol. The molecule has 1 saturated carbocycles. The molecule has 0 spiro atoms. The Bertz CT molecular complexity index is 355. The van der Waals surface area contributed by atoms with Crippen molar-refractivity contribution in [2.75, 3.05) is 6.61 Å². The molecule has 0 aromatic heterocycles. The van der Waals surface area contributed by atoms with Crippen LogP contribution in [0, 0.1) is 5.92 Å². The summed E-state index contributed by atoms with van der Waals surface area (Å²) in [7, 11) is 0. The third-order valence-corrected chi connectivity index (χ3v) is 4.28. The second-order valence-electron chi connectivity index (χ2n) is 5.57. The van der Waals surface area contributed by atoms with Crippen molar-refractivity contribution in [3.63, 3.8) is 0 Å². The van der Waals surface area contributed by atoms with Crippen LogP contribution in [0.1, 0.15) is 51.1 Å². The first kappa shape index (κ1) is 13.6. The van der Waals surface area contributed by atoms with Gasteiger partial charge < -0.3 is 10.5 Å². The molecule has 1 aliphatic carbocycles. The third-order valence-electron chi connectivity index (χ3n) is 4.28. The quantitative estimate of drug-likeness (QED) is 0.881. The average molecular weight is 247 g/mol. The Labute approximate surface area is 111 Å². The van der Waals surface area contributed by atoms with E-state index < -0.39 is 0 Å². The van der Waals surface area contributed by atoms with Crippen molar-refractivity contribution >= 4 is 0 Å². The summed E-state index contributed by atoms with van der Waals surface area (Å²) >= 11 is 0. The molecule has 100 valence electrons. The molecule has 0 amide bonds. The van der Waals surface area contributed by atoms with Gasteiger partial charge in [-0.2, -0.15) is 0 Å². The lowest BCUT2D eigenvalue weighted by Gasteiger charge is -2.43. The van der Waals surface area contributed by atoms with E-state index in [1.807, 2.05) is 6.07 Å². The van der Waals surface area contributed by atoms with Gasteiger partial charge >= 0.3 is 0 Å². The molecule has 0 bridgehead atoms. The zero-order chi connectivity index (χ0) is 13.0. The van der Waals surface area contributed by atoms with Gasteiger partial charge in [-0.25, -0.2) is 0 Å². The van der Waals surface area contributed by atoms with E-state index in [0.29, 0.717) is 0 Å². The fourth-order valence-electron chi connectivity index (χ4n) is 3.05. The summed E-state index contributed by atoms with van der Waals surface area (Å²) in [6.45, 7) is 5.14. The Morgan fingerprint density at radius 2 is 1.89 bits per heavy atom. The van der Waals surface area contributed by atoms with E-state index in [4.69, 9.17) is 10.5 Å².